The van der Waals surface area contributed by atoms with Gasteiger partial charge in [-0.1, -0.05) is 27.7 Å². The highest BCUT2D eigenvalue weighted by molar-refractivity contribution is 4.84. The predicted octanol–water partition coefficient (Wildman–Crippen LogP) is 4.49. The van der Waals surface area contributed by atoms with Crippen molar-refractivity contribution in [1.82, 2.24) is 0 Å². The summed E-state index contributed by atoms with van der Waals surface area (Å²) in [5.41, 5.74) is 0.178. The molecule has 0 aromatic heterocycles. The van der Waals surface area contributed by atoms with E-state index >= 15 is 0 Å². The van der Waals surface area contributed by atoms with Crippen LogP contribution in [0.1, 0.15) is 53.4 Å². The third-order valence-electron chi connectivity index (χ3n) is 2.87. The maximum Gasteiger partial charge on any atom is 0.248 e. The quantitative estimate of drug-likeness (QED) is 0.590. The molecule has 1 aliphatic carbocycles. The van der Waals surface area contributed by atoms with Crippen LogP contribution in [0.5, 0.6) is 0 Å². The molecule has 0 N–H and O–H groups in total. The first-order chi connectivity index (χ1) is 6.18. The highest BCUT2D eigenvalue weighted by Crippen LogP contribution is 2.43. The standard InChI is InChI=1S/C12H22F2/c1-9-5-10(7-11(2,3)4)8-12(13,14)6-9/h9-10H,5-8H2,1-4H3. The van der Waals surface area contributed by atoms with E-state index in [1.165, 1.54) is 0 Å². The molecule has 2 heteroatoms. The van der Waals surface area contributed by atoms with Crippen LogP contribution in [-0.2, 0) is 0 Å². The Balaban J connectivity index is 2.54. The largest absolute Gasteiger partial charge is 0.248 e. The fraction of sp³-hybridized carbons (Fsp3) is 1.00. The minimum atomic E-state index is -2.41. The van der Waals surface area contributed by atoms with Gasteiger partial charge in [-0.2, -0.15) is 0 Å². The lowest BCUT2D eigenvalue weighted by Gasteiger charge is -2.36. The number of rotatable bonds is 1. The van der Waals surface area contributed by atoms with Gasteiger partial charge in [0.05, 0.1) is 0 Å². The summed E-state index contributed by atoms with van der Waals surface area (Å²) >= 11 is 0. The summed E-state index contributed by atoms with van der Waals surface area (Å²) in [6, 6.07) is 0. The molecule has 0 aliphatic heterocycles. The molecule has 2 atom stereocenters. The first-order valence-electron chi connectivity index (χ1n) is 5.56. The van der Waals surface area contributed by atoms with Crippen LogP contribution in [0.3, 0.4) is 0 Å². The van der Waals surface area contributed by atoms with Crippen molar-refractivity contribution in [2.75, 3.05) is 0 Å². The van der Waals surface area contributed by atoms with Gasteiger partial charge in [0.15, 0.2) is 0 Å². The first-order valence-corrected chi connectivity index (χ1v) is 5.56. The van der Waals surface area contributed by atoms with Crippen LogP contribution in [0.2, 0.25) is 0 Å². The molecule has 0 spiro atoms. The summed E-state index contributed by atoms with van der Waals surface area (Å²) in [6.45, 7) is 8.34. The second-order valence-electron chi connectivity index (χ2n) is 6.24. The van der Waals surface area contributed by atoms with Gasteiger partial charge in [-0.3, -0.25) is 0 Å². The van der Waals surface area contributed by atoms with Crippen LogP contribution >= 0.6 is 0 Å². The third-order valence-corrected chi connectivity index (χ3v) is 2.87. The Kier molecular flexibility index (Phi) is 3.23. The molecule has 1 saturated carbocycles. The molecule has 0 aromatic rings. The van der Waals surface area contributed by atoms with Crippen LogP contribution in [0, 0.1) is 17.3 Å². The zero-order valence-corrected chi connectivity index (χ0v) is 9.74. The number of hydrogen-bond donors (Lipinski definition) is 0. The summed E-state index contributed by atoms with van der Waals surface area (Å²) in [5, 5.41) is 0. The van der Waals surface area contributed by atoms with E-state index in [0.717, 1.165) is 12.8 Å². The molecule has 1 aliphatic rings. The molecule has 1 fully saturated rings. The van der Waals surface area contributed by atoms with E-state index in [1.807, 2.05) is 6.92 Å². The molecule has 0 saturated heterocycles. The van der Waals surface area contributed by atoms with Crippen LogP contribution in [0.25, 0.3) is 0 Å². The summed E-state index contributed by atoms with van der Waals surface area (Å²) < 4.78 is 26.6. The van der Waals surface area contributed by atoms with Crippen molar-refractivity contribution in [2.45, 2.75) is 59.3 Å². The molecule has 0 nitrogen and oxygen atoms in total. The van der Waals surface area contributed by atoms with Gasteiger partial charge in [0.2, 0.25) is 5.92 Å². The summed E-state index contributed by atoms with van der Waals surface area (Å²) in [6.07, 6.45) is 2.10. The number of hydrogen-bond acceptors (Lipinski definition) is 0. The highest BCUT2D eigenvalue weighted by atomic mass is 19.3. The van der Waals surface area contributed by atoms with Crippen LogP contribution in [0.15, 0.2) is 0 Å². The lowest BCUT2D eigenvalue weighted by Crippen LogP contribution is -2.32. The molecule has 2 unspecified atom stereocenters. The monoisotopic (exact) mass is 204 g/mol. The molecule has 0 radical (unpaired) electrons. The van der Waals surface area contributed by atoms with Crippen molar-refractivity contribution in [3.63, 3.8) is 0 Å². The van der Waals surface area contributed by atoms with Gasteiger partial charge in [0, 0.05) is 12.8 Å². The minimum absolute atomic E-state index is 0.0909. The van der Waals surface area contributed by atoms with Gasteiger partial charge in [-0.05, 0) is 30.1 Å². The Morgan fingerprint density at radius 3 is 2.21 bits per heavy atom. The normalized spacial score (nSPS) is 33.0. The molecule has 0 aromatic carbocycles. The van der Waals surface area contributed by atoms with E-state index < -0.39 is 5.92 Å². The van der Waals surface area contributed by atoms with Gasteiger partial charge < -0.3 is 0 Å². The Labute approximate surface area is 86.1 Å². The third kappa shape index (κ3) is 3.93. The number of halogens is 2. The zero-order chi connectivity index (χ0) is 11.0. The first kappa shape index (κ1) is 11.9. The molecule has 0 heterocycles. The van der Waals surface area contributed by atoms with Gasteiger partial charge in [0.25, 0.3) is 0 Å². The Morgan fingerprint density at radius 1 is 1.21 bits per heavy atom. The van der Waals surface area contributed by atoms with Crippen molar-refractivity contribution in [3.05, 3.63) is 0 Å². The lowest BCUT2D eigenvalue weighted by atomic mass is 9.73. The average molecular weight is 204 g/mol. The van der Waals surface area contributed by atoms with E-state index in [2.05, 4.69) is 20.8 Å². The van der Waals surface area contributed by atoms with Gasteiger partial charge in [-0.15, -0.1) is 0 Å². The smallest absolute Gasteiger partial charge is 0.207 e. The van der Waals surface area contributed by atoms with Gasteiger partial charge in [0.1, 0.15) is 0 Å². The lowest BCUT2D eigenvalue weighted by molar-refractivity contribution is -0.0744. The molecule has 0 amide bonds. The van der Waals surface area contributed by atoms with E-state index in [0.29, 0.717) is 0 Å². The van der Waals surface area contributed by atoms with Crippen LogP contribution in [-0.4, -0.2) is 5.92 Å². The van der Waals surface area contributed by atoms with E-state index in [9.17, 15) is 8.78 Å². The summed E-state index contributed by atoms with van der Waals surface area (Å²) in [5.74, 6) is -2.01. The fourth-order valence-corrected chi connectivity index (χ4v) is 2.77. The SMILES string of the molecule is CC1CC(CC(C)(C)C)CC(F)(F)C1. The molecule has 14 heavy (non-hydrogen) atoms. The number of alkyl halides is 2. The maximum atomic E-state index is 13.3. The predicted molar refractivity (Wildman–Crippen MR) is 55.5 cm³/mol. The van der Waals surface area contributed by atoms with Crippen molar-refractivity contribution >= 4 is 0 Å². The Bertz CT molecular complexity index is 189. The van der Waals surface area contributed by atoms with E-state index in [1.54, 1.807) is 0 Å². The maximum absolute atomic E-state index is 13.3. The molecular weight excluding hydrogens is 182 g/mol. The Hall–Kier alpha value is -0.140. The fourth-order valence-electron chi connectivity index (χ4n) is 2.77. The second kappa shape index (κ2) is 3.79. The van der Waals surface area contributed by atoms with Crippen LogP contribution < -0.4 is 0 Å². The topological polar surface area (TPSA) is 0 Å². The van der Waals surface area contributed by atoms with Gasteiger partial charge >= 0.3 is 0 Å². The van der Waals surface area contributed by atoms with Crippen molar-refractivity contribution in [2.24, 2.45) is 17.3 Å². The minimum Gasteiger partial charge on any atom is -0.207 e. The van der Waals surface area contributed by atoms with Crippen molar-refractivity contribution in [1.29, 1.82) is 0 Å². The molecular formula is C12H22F2. The molecule has 0 bridgehead atoms. The zero-order valence-electron chi connectivity index (χ0n) is 9.74. The van der Waals surface area contributed by atoms with Crippen molar-refractivity contribution < 1.29 is 8.78 Å². The van der Waals surface area contributed by atoms with E-state index in [4.69, 9.17) is 0 Å². The van der Waals surface area contributed by atoms with Gasteiger partial charge in [-0.25, -0.2) is 8.78 Å². The van der Waals surface area contributed by atoms with Crippen molar-refractivity contribution in [3.8, 4) is 0 Å². The van der Waals surface area contributed by atoms with Crippen LogP contribution in [0.4, 0.5) is 8.78 Å². The molecule has 1 rings (SSSR count). The average Bonchev–Trinajstić information content (AvgIpc) is 1.74. The summed E-state index contributed by atoms with van der Waals surface area (Å²) in [4.78, 5) is 0. The second-order valence-corrected chi connectivity index (χ2v) is 6.24. The molecule has 84 valence electrons. The highest BCUT2D eigenvalue weighted by Gasteiger charge is 2.40. The summed E-state index contributed by atoms with van der Waals surface area (Å²) in [7, 11) is 0. The van der Waals surface area contributed by atoms with E-state index in [-0.39, 0.29) is 30.1 Å². The Morgan fingerprint density at radius 2 is 1.79 bits per heavy atom.